The van der Waals surface area contributed by atoms with Crippen LogP contribution < -0.4 is 5.32 Å². The molecule has 20 heavy (non-hydrogen) atoms. The highest BCUT2D eigenvalue weighted by Gasteiger charge is 2.19. The SMILES string of the molecule is CCC1CCC(NCc2cnc3cnc(Br)cn23)CC1. The van der Waals surface area contributed by atoms with E-state index in [1.807, 2.05) is 12.4 Å². The van der Waals surface area contributed by atoms with Gasteiger partial charge in [0.15, 0.2) is 5.65 Å². The highest BCUT2D eigenvalue weighted by molar-refractivity contribution is 9.10. The summed E-state index contributed by atoms with van der Waals surface area (Å²) in [7, 11) is 0. The fraction of sp³-hybridized carbons (Fsp3) is 0.600. The molecule has 2 aromatic rings. The van der Waals surface area contributed by atoms with Gasteiger partial charge in [-0.25, -0.2) is 9.97 Å². The largest absolute Gasteiger partial charge is 0.308 e. The van der Waals surface area contributed by atoms with Crippen molar-refractivity contribution in [3.05, 3.63) is 28.9 Å². The zero-order valence-electron chi connectivity index (χ0n) is 11.8. The van der Waals surface area contributed by atoms with E-state index in [1.54, 1.807) is 6.20 Å². The summed E-state index contributed by atoms with van der Waals surface area (Å²) in [6.45, 7) is 3.18. The van der Waals surface area contributed by atoms with Gasteiger partial charge in [0, 0.05) is 18.8 Å². The molecular formula is C15H21BrN4. The van der Waals surface area contributed by atoms with Crippen molar-refractivity contribution in [2.24, 2.45) is 5.92 Å². The number of hydrogen-bond donors (Lipinski definition) is 1. The monoisotopic (exact) mass is 336 g/mol. The molecule has 0 radical (unpaired) electrons. The third kappa shape index (κ3) is 3.04. The third-order valence-corrected chi connectivity index (χ3v) is 4.85. The molecule has 108 valence electrons. The standard InChI is InChI=1S/C15H21BrN4/c1-2-11-3-5-12(6-4-11)17-7-13-8-19-15-9-18-14(16)10-20(13)15/h8-12,17H,2-7H2,1H3. The number of nitrogens with one attached hydrogen (secondary N) is 1. The van der Waals surface area contributed by atoms with Gasteiger partial charge in [0.05, 0.1) is 18.1 Å². The quantitative estimate of drug-likeness (QED) is 0.928. The van der Waals surface area contributed by atoms with E-state index in [-0.39, 0.29) is 0 Å². The molecule has 0 aromatic carbocycles. The minimum Gasteiger partial charge on any atom is -0.308 e. The maximum absolute atomic E-state index is 4.39. The molecule has 2 heterocycles. The highest BCUT2D eigenvalue weighted by Crippen LogP contribution is 2.26. The molecule has 0 saturated heterocycles. The summed E-state index contributed by atoms with van der Waals surface area (Å²) < 4.78 is 2.94. The van der Waals surface area contributed by atoms with E-state index in [1.165, 1.54) is 37.8 Å². The van der Waals surface area contributed by atoms with Gasteiger partial charge in [0.1, 0.15) is 4.60 Å². The molecule has 1 aliphatic rings. The second kappa shape index (κ2) is 6.22. The molecule has 0 amide bonds. The number of halogens is 1. The lowest BCUT2D eigenvalue weighted by Gasteiger charge is -2.28. The third-order valence-electron chi connectivity index (χ3n) is 4.44. The van der Waals surface area contributed by atoms with E-state index in [2.05, 4.69) is 42.5 Å². The summed E-state index contributed by atoms with van der Waals surface area (Å²) in [6.07, 6.45) is 12.4. The zero-order chi connectivity index (χ0) is 13.9. The molecule has 5 heteroatoms. The Morgan fingerprint density at radius 1 is 1.25 bits per heavy atom. The molecule has 0 bridgehead atoms. The topological polar surface area (TPSA) is 42.2 Å². The van der Waals surface area contributed by atoms with E-state index in [9.17, 15) is 0 Å². The van der Waals surface area contributed by atoms with Crippen molar-refractivity contribution in [1.29, 1.82) is 0 Å². The van der Waals surface area contributed by atoms with E-state index in [4.69, 9.17) is 0 Å². The lowest BCUT2D eigenvalue weighted by molar-refractivity contribution is 0.284. The van der Waals surface area contributed by atoms with Gasteiger partial charge in [-0.1, -0.05) is 13.3 Å². The number of rotatable bonds is 4. The summed E-state index contributed by atoms with van der Waals surface area (Å²) >= 11 is 3.41. The molecule has 1 saturated carbocycles. The first-order valence-corrected chi connectivity index (χ1v) is 8.26. The first kappa shape index (κ1) is 14.0. The summed E-state index contributed by atoms with van der Waals surface area (Å²) in [5, 5.41) is 3.68. The molecule has 2 aromatic heterocycles. The van der Waals surface area contributed by atoms with Gasteiger partial charge in [-0.15, -0.1) is 0 Å². The van der Waals surface area contributed by atoms with Crippen molar-refractivity contribution < 1.29 is 0 Å². The maximum atomic E-state index is 4.39. The van der Waals surface area contributed by atoms with Gasteiger partial charge in [0.2, 0.25) is 0 Å². The van der Waals surface area contributed by atoms with Crippen LogP contribution in [0, 0.1) is 5.92 Å². The Morgan fingerprint density at radius 3 is 2.80 bits per heavy atom. The summed E-state index contributed by atoms with van der Waals surface area (Å²) in [5.74, 6) is 0.950. The molecule has 0 spiro atoms. The molecule has 0 aliphatic heterocycles. The smallest absolute Gasteiger partial charge is 0.155 e. The van der Waals surface area contributed by atoms with Crippen molar-refractivity contribution in [3.8, 4) is 0 Å². The van der Waals surface area contributed by atoms with Gasteiger partial charge >= 0.3 is 0 Å². The molecule has 1 aliphatic carbocycles. The molecule has 1 fully saturated rings. The van der Waals surface area contributed by atoms with Crippen molar-refractivity contribution in [2.45, 2.75) is 51.6 Å². The van der Waals surface area contributed by atoms with Crippen LogP contribution in [-0.2, 0) is 6.54 Å². The van der Waals surface area contributed by atoms with Crippen LogP contribution in [0.4, 0.5) is 0 Å². The van der Waals surface area contributed by atoms with Crippen LogP contribution in [0.25, 0.3) is 5.65 Å². The van der Waals surface area contributed by atoms with E-state index >= 15 is 0 Å². The lowest BCUT2D eigenvalue weighted by Crippen LogP contribution is -2.32. The molecular weight excluding hydrogens is 316 g/mol. The second-order valence-electron chi connectivity index (χ2n) is 5.69. The number of hydrogen-bond acceptors (Lipinski definition) is 3. The van der Waals surface area contributed by atoms with Gasteiger partial charge in [0.25, 0.3) is 0 Å². The Labute approximate surface area is 128 Å². The molecule has 0 unspecified atom stereocenters. The minimum absolute atomic E-state index is 0.661. The van der Waals surface area contributed by atoms with Crippen LogP contribution in [0.1, 0.15) is 44.7 Å². The molecule has 4 nitrogen and oxygen atoms in total. The van der Waals surface area contributed by atoms with Crippen LogP contribution in [0.3, 0.4) is 0 Å². The normalized spacial score (nSPS) is 23.3. The van der Waals surface area contributed by atoms with Gasteiger partial charge in [-0.3, -0.25) is 4.40 Å². The number of fused-ring (bicyclic) bond motifs is 1. The average Bonchev–Trinajstić information content (AvgIpc) is 2.88. The van der Waals surface area contributed by atoms with Crippen molar-refractivity contribution >= 4 is 21.6 Å². The molecule has 1 N–H and O–H groups in total. The molecule has 0 atom stereocenters. The fourth-order valence-corrected chi connectivity index (χ4v) is 3.38. The minimum atomic E-state index is 0.661. The van der Waals surface area contributed by atoms with Crippen LogP contribution >= 0.6 is 15.9 Å². The first-order chi connectivity index (χ1) is 9.76. The number of aromatic nitrogens is 3. The Balaban J connectivity index is 1.61. The average molecular weight is 337 g/mol. The van der Waals surface area contributed by atoms with E-state index in [0.717, 1.165) is 22.7 Å². The second-order valence-corrected chi connectivity index (χ2v) is 6.51. The van der Waals surface area contributed by atoms with Gasteiger partial charge in [-0.05, 0) is 47.5 Å². The molecule has 3 rings (SSSR count). The van der Waals surface area contributed by atoms with Crippen LogP contribution in [-0.4, -0.2) is 20.4 Å². The van der Waals surface area contributed by atoms with Gasteiger partial charge in [-0.2, -0.15) is 0 Å². The maximum Gasteiger partial charge on any atom is 0.155 e. The Morgan fingerprint density at radius 2 is 2.05 bits per heavy atom. The van der Waals surface area contributed by atoms with E-state index < -0.39 is 0 Å². The lowest BCUT2D eigenvalue weighted by atomic mass is 9.84. The summed E-state index contributed by atoms with van der Waals surface area (Å²) in [5.41, 5.74) is 2.10. The van der Waals surface area contributed by atoms with Crippen molar-refractivity contribution in [1.82, 2.24) is 19.7 Å². The fourth-order valence-electron chi connectivity index (χ4n) is 3.07. The Hall–Kier alpha value is -0.940. The number of imidazole rings is 1. The van der Waals surface area contributed by atoms with Crippen molar-refractivity contribution in [2.75, 3.05) is 0 Å². The van der Waals surface area contributed by atoms with Crippen LogP contribution in [0.5, 0.6) is 0 Å². The van der Waals surface area contributed by atoms with Crippen molar-refractivity contribution in [3.63, 3.8) is 0 Å². The first-order valence-electron chi connectivity index (χ1n) is 7.47. The van der Waals surface area contributed by atoms with Crippen LogP contribution in [0.15, 0.2) is 23.2 Å². The van der Waals surface area contributed by atoms with E-state index in [0.29, 0.717) is 6.04 Å². The highest BCUT2D eigenvalue weighted by atomic mass is 79.9. The summed E-state index contributed by atoms with van der Waals surface area (Å²) in [6, 6.07) is 0.661. The zero-order valence-corrected chi connectivity index (χ0v) is 13.4. The number of nitrogens with zero attached hydrogens (tertiary/aromatic N) is 3. The predicted octanol–water partition coefficient (Wildman–Crippen LogP) is 3.55. The van der Waals surface area contributed by atoms with Crippen LogP contribution in [0.2, 0.25) is 0 Å². The summed E-state index contributed by atoms with van der Waals surface area (Å²) in [4.78, 5) is 8.59. The predicted molar refractivity (Wildman–Crippen MR) is 83.6 cm³/mol. The Bertz CT molecular complexity index is 572. The Kier molecular flexibility index (Phi) is 4.36. The van der Waals surface area contributed by atoms with Gasteiger partial charge < -0.3 is 5.32 Å².